The van der Waals surface area contributed by atoms with E-state index in [2.05, 4.69) is 20.8 Å². The van der Waals surface area contributed by atoms with E-state index in [0.717, 1.165) is 5.75 Å². The van der Waals surface area contributed by atoms with Crippen molar-refractivity contribution in [2.45, 2.75) is 27.0 Å². The second kappa shape index (κ2) is 8.79. The Morgan fingerprint density at radius 2 is 1.89 bits per heavy atom. The highest BCUT2D eigenvalue weighted by Crippen LogP contribution is 2.18. The molecule has 0 spiro atoms. The van der Waals surface area contributed by atoms with Crippen LogP contribution < -0.4 is 14.8 Å². The predicted octanol–water partition coefficient (Wildman–Crippen LogP) is 2.92. The fourth-order valence-electron chi connectivity index (χ4n) is 2.45. The first-order valence-corrected chi connectivity index (χ1v) is 8.71. The van der Waals surface area contributed by atoms with Gasteiger partial charge < -0.3 is 14.8 Å². The van der Waals surface area contributed by atoms with Gasteiger partial charge in [0.25, 0.3) is 5.91 Å². The molecule has 0 aliphatic heterocycles. The van der Waals surface area contributed by atoms with Gasteiger partial charge in [0.2, 0.25) is 0 Å². The fraction of sp³-hybridized carbons (Fsp3) is 0.263. The summed E-state index contributed by atoms with van der Waals surface area (Å²) in [5.41, 5.74) is 1.19. The van der Waals surface area contributed by atoms with Crippen LogP contribution in [-0.4, -0.2) is 32.7 Å². The molecule has 1 amide bonds. The molecule has 1 heterocycles. The Morgan fingerprint density at radius 3 is 2.63 bits per heavy atom. The summed E-state index contributed by atoms with van der Waals surface area (Å²) >= 11 is 0. The van der Waals surface area contributed by atoms with Crippen LogP contribution in [0.2, 0.25) is 0 Å². The standard InChI is InChI=1S/C19H21N5O3/c1-3-24-18(21-22-23-24)13-27-17-7-5-6-14(12-17)19(25)20-15-8-10-16(11-9-15)26-4-2/h5-12H,3-4,13H2,1-2H3,(H,20,25). The number of nitrogens with zero attached hydrogens (tertiary/aromatic N) is 4. The molecule has 3 aromatic rings. The van der Waals surface area contributed by atoms with Gasteiger partial charge in [0, 0.05) is 17.8 Å². The highest BCUT2D eigenvalue weighted by atomic mass is 16.5. The zero-order chi connectivity index (χ0) is 19.1. The van der Waals surface area contributed by atoms with Gasteiger partial charge in [-0.3, -0.25) is 4.79 Å². The van der Waals surface area contributed by atoms with Crippen molar-refractivity contribution in [3.63, 3.8) is 0 Å². The summed E-state index contributed by atoms with van der Waals surface area (Å²) in [5, 5.41) is 14.3. The first kappa shape index (κ1) is 18.4. The minimum absolute atomic E-state index is 0.219. The smallest absolute Gasteiger partial charge is 0.255 e. The minimum Gasteiger partial charge on any atom is -0.494 e. The Labute approximate surface area is 157 Å². The Morgan fingerprint density at radius 1 is 1.07 bits per heavy atom. The second-order valence-electron chi connectivity index (χ2n) is 5.64. The number of nitrogens with one attached hydrogen (secondary N) is 1. The molecule has 140 valence electrons. The van der Waals surface area contributed by atoms with E-state index in [4.69, 9.17) is 9.47 Å². The van der Waals surface area contributed by atoms with E-state index < -0.39 is 0 Å². The van der Waals surface area contributed by atoms with Crippen molar-refractivity contribution in [2.24, 2.45) is 0 Å². The predicted molar refractivity (Wildman–Crippen MR) is 99.8 cm³/mol. The fourth-order valence-corrected chi connectivity index (χ4v) is 2.45. The Hall–Kier alpha value is -3.42. The average molecular weight is 367 g/mol. The lowest BCUT2D eigenvalue weighted by molar-refractivity contribution is 0.102. The van der Waals surface area contributed by atoms with E-state index in [9.17, 15) is 4.79 Å². The number of carbonyl (C=O) groups excluding carboxylic acids is 1. The SMILES string of the molecule is CCOc1ccc(NC(=O)c2cccc(OCc3nnnn3CC)c2)cc1. The highest BCUT2D eigenvalue weighted by molar-refractivity contribution is 6.04. The maximum absolute atomic E-state index is 12.5. The molecule has 8 nitrogen and oxygen atoms in total. The van der Waals surface area contributed by atoms with E-state index in [-0.39, 0.29) is 12.5 Å². The number of aryl methyl sites for hydroxylation is 1. The van der Waals surface area contributed by atoms with Gasteiger partial charge >= 0.3 is 0 Å². The van der Waals surface area contributed by atoms with E-state index in [1.807, 2.05) is 26.0 Å². The maximum atomic E-state index is 12.5. The minimum atomic E-state index is -0.219. The number of anilines is 1. The zero-order valence-electron chi connectivity index (χ0n) is 15.3. The van der Waals surface area contributed by atoms with Crippen LogP contribution in [0.1, 0.15) is 30.0 Å². The first-order chi connectivity index (χ1) is 13.2. The van der Waals surface area contributed by atoms with Gasteiger partial charge in [-0.15, -0.1) is 5.10 Å². The van der Waals surface area contributed by atoms with Gasteiger partial charge in [-0.25, -0.2) is 4.68 Å². The van der Waals surface area contributed by atoms with Crippen molar-refractivity contribution >= 4 is 11.6 Å². The number of rotatable bonds is 8. The van der Waals surface area contributed by atoms with E-state index in [0.29, 0.717) is 36.0 Å². The van der Waals surface area contributed by atoms with Gasteiger partial charge in [0.1, 0.15) is 18.1 Å². The number of aromatic nitrogens is 4. The molecule has 0 saturated heterocycles. The molecule has 8 heteroatoms. The third-order valence-electron chi connectivity index (χ3n) is 3.79. The normalized spacial score (nSPS) is 10.4. The Balaban J connectivity index is 1.62. The summed E-state index contributed by atoms with van der Waals surface area (Å²) < 4.78 is 12.8. The van der Waals surface area contributed by atoms with Gasteiger partial charge in [-0.05, 0) is 66.7 Å². The van der Waals surface area contributed by atoms with Crippen LogP contribution in [0.4, 0.5) is 5.69 Å². The van der Waals surface area contributed by atoms with Crippen LogP contribution >= 0.6 is 0 Å². The lowest BCUT2D eigenvalue weighted by atomic mass is 10.2. The van der Waals surface area contributed by atoms with Crippen molar-refractivity contribution < 1.29 is 14.3 Å². The van der Waals surface area contributed by atoms with E-state index in [1.165, 1.54) is 0 Å². The molecule has 0 saturated carbocycles. The third kappa shape index (κ3) is 4.81. The van der Waals surface area contributed by atoms with Crippen LogP contribution in [0.15, 0.2) is 48.5 Å². The van der Waals surface area contributed by atoms with Gasteiger partial charge in [0.15, 0.2) is 5.82 Å². The molecule has 0 aliphatic carbocycles. The maximum Gasteiger partial charge on any atom is 0.255 e. The van der Waals surface area contributed by atoms with Gasteiger partial charge in [-0.1, -0.05) is 6.07 Å². The summed E-state index contributed by atoms with van der Waals surface area (Å²) in [6.45, 7) is 5.36. The topological polar surface area (TPSA) is 91.2 Å². The van der Waals surface area contributed by atoms with Gasteiger partial charge in [-0.2, -0.15) is 0 Å². The van der Waals surface area contributed by atoms with Crippen molar-refractivity contribution in [3.8, 4) is 11.5 Å². The summed E-state index contributed by atoms with van der Waals surface area (Å²) in [7, 11) is 0. The van der Waals surface area contributed by atoms with Crippen LogP contribution in [0.3, 0.4) is 0 Å². The lowest BCUT2D eigenvalue weighted by Crippen LogP contribution is -2.12. The van der Waals surface area contributed by atoms with Gasteiger partial charge in [0.05, 0.1) is 6.61 Å². The number of ether oxygens (including phenoxy) is 2. The van der Waals surface area contributed by atoms with Crippen molar-refractivity contribution in [1.29, 1.82) is 0 Å². The zero-order valence-corrected chi connectivity index (χ0v) is 15.3. The Bertz CT molecular complexity index is 892. The average Bonchev–Trinajstić information content (AvgIpc) is 3.16. The molecule has 1 N–H and O–H groups in total. The summed E-state index contributed by atoms with van der Waals surface area (Å²) in [5.74, 6) is 1.74. The lowest BCUT2D eigenvalue weighted by Gasteiger charge is -2.09. The number of benzene rings is 2. The molecule has 0 fully saturated rings. The number of tetrazole rings is 1. The molecular weight excluding hydrogens is 346 g/mol. The molecule has 2 aromatic carbocycles. The molecule has 0 aliphatic rings. The van der Waals surface area contributed by atoms with E-state index >= 15 is 0 Å². The quantitative estimate of drug-likeness (QED) is 0.658. The van der Waals surface area contributed by atoms with Crippen LogP contribution in [-0.2, 0) is 13.2 Å². The second-order valence-corrected chi connectivity index (χ2v) is 5.64. The summed E-state index contributed by atoms with van der Waals surface area (Å²) in [4.78, 5) is 12.5. The van der Waals surface area contributed by atoms with Crippen molar-refractivity contribution in [1.82, 2.24) is 20.2 Å². The number of hydrogen-bond donors (Lipinski definition) is 1. The summed E-state index contributed by atoms with van der Waals surface area (Å²) in [6.07, 6.45) is 0. The largest absolute Gasteiger partial charge is 0.494 e. The summed E-state index contributed by atoms with van der Waals surface area (Å²) in [6, 6.07) is 14.2. The third-order valence-corrected chi connectivity index (χ3v) is 3.79. The number of amides is 1. The molecule has 1 aromatic heterocycles. The van der Waals surface area contributed by atoms with Crippen LogP contribution in [0, 0.1) is 0 Å². The number of carbonyl (C=O) groups is 1. The molecule has 0 atom stereocenters. The van der Waals surface area contributed by atoms with Crippen LogP contribution in [0.5, 0.6) is 11.5 Å². The van der Waals surface area contributed by atoms with Crippen molar-refractivity contribution in [3.05, 3.63) is 59.9 Å². The molecule has 27 heavy (non-hydrogen) atoms. The van der Waals surface area contributed by atoms with Crippen LogP contribution in [0.25, 0.3) is 0 Å². The van der Waals surface area contributed by atoms with Crippen molar-refractivity contribution in [2.75, 3.05) is 11.9 Å². The van der Waals surface area contributed by atoms with E-state index in [1.54, 1.807) is 41.1 Å². The highest BCUT2D eigenvalue weighted by Gasteiger charge is 2.09. The molecule has 0 unspecified atom stereocenters. The molecule has 3 rings (SSSR count). The number of hydrogen-bond acceptors (Lipinski definition) is 6. The molecule has 0 radical (unpaired) electrons. The molecule has 0 bridgehead atoms. The molecular formula is C19H21N5O3. The Kier molecular flexibility index (Phi) is 5.98. The first-order valence-electron chi connectivity index (χ1n) is 8.71. The monoisotopic (exact) mass is 367 g/mol.